The molecule has 1 unspecified atom stereocenters. The molecule has 3 rings (SSSR count). The lowest BCUT2D eigenvalue weighted by Gasteiger charge is -2.31. The first-order valence-corrected chi connectivity index (χ1v) is 9.13. The zero-order valence-electron chi connectivity index (χ0n) is 14.2. The van der Waals surface area contributed by atoms with Crippen LogP contribution in [0.3, 0.4) is 0 Å². The highest BCUT2D eigenvalue weighted by Gasteiger charge is 2.34. The first-order valence-electron chi connectivity index (χ1n) is 8.38. The topological polar surface area (TPSA) is 88.3 Å². The molecule has 1 aliphatic rings. The largest absolute Gasteiger partial charge is 0.480 e. The number of para-hydroxylation sites is 1. The van der Waals surface area contributed by atoms with Crippen LogP contribution >= 0.6 is 23.2 Å². The average Bonchev–Trinajstić information content (AvgIpc) is 3.05. The van der Waals surface area contributed by atoms with E-state index < -0.39 is 17.9 Å². The molecule has 1 aromatic carbocycles. The van der Waals surface area contributed by atoms with E-state index in [0.717, 1.165) is 12.8 Å². The monoisotopic (exact) mass is 396 g/mol. The number of aromatic nitrogens is 3. The lowest BCUT2D eigenvalue weighted by molar-refractivity contribution is -0.143. The van der Waals surface area contributed by atoms with Crippen LogP contribution in [0.2, 0.25) is 10.0 Å². The molecule has 0 bridgehead atoms. The molecule has 1 saturated heterocycles. The van der Waals surface area contributed by atoms with Crippen molar-refractivity contribution in [1.82, 2.24) is 19.7 Å². The fourth-order valence-corrected chi connectivity index (χ4v) is 3.65. The van der Waals surface area contributed by atoms with E-state index in [-0.39, 0.29) is 5.82 Å². The lowest BCUT2D eigenvalue weighted by Crippen LogP contribution is -2.48. The number of carboxylic acids is 1. The Hall–Kier alpha value is -2.12. The van der Waals surface area contributed by atoms with Gasteiger partial charge in [-0.2, -0.15) is 0 Å². The van der Waals surface area contributed by atoms with Gasteiger partial charge >= 0.3 is 5.97 Å². The van der Waals surface area contributed by atoms with Gasteiger partial charge in [0.15, 0.2) is 0 Å². The van der Waals surface area contributed by atoms with Crippen LogP contribution in [0.1, 0.15) is 42.6 Å². The number of rotatable bonds is 4. The van der Waals surface area contributed by atoms with E-state index in [9.17, 15) is 14.7 Å². The summed E-state index contributed by atoms with van der Waals surface area (Å²) < 4.78 is 1.46. The van der Waals surface area contributed by atoms with Crippen LogP contribution in [0.25, 0.3) is 5.69 Å². The van der Waals surface area contributed by atoms with E-state index >= 15 is 0 Å². The van der Waals surface area contributed by atoms with Crippen LogP contribution in [0, 0.1) is 0 Å². The third kappa shape index (κ3) is 3.41. The number of piperidine rings is 1. The second kappa shape index (κ2) is 7.63. The lowest BCUT2D eigenvalue weighted by atomic mass is 10.0. The first kappa shape index (κ1) is 18.7. The minimum absolute atomic E-state index is 0.0500. The number of carboxylic acid groups (broad SMARTS) is 1. The number of hydrogen-bond acceptors (Lipinski definition) is 4. The van der Waals surface area contributed by atoms with E-state index in [1.54, 1.807) is 18.2 Å². The molecule has 138 valence electrons. The van der Waals surface area contributed by atoms with Gasteiger partial charge in [0.05, 0.1) is 10.0 Å². The van der Waals surface area contributed by atoms with Gasteiger partial charge in [-0.05, 0) is 31.4 Å². The van der Waals surface area contributed by atoms with E-state index in [4.69, 9.17) is 23.2 Å². The number of aryl methyl sites for hydroxylation is 1. The third-order valence-corrected chi connectivity index (χ3v) is 4.99. The minimum atomic E-state index is -1.01. The number of halogens is 2. The molecular weight excluding hydrogens is 379 g/mol. The predicted molar refractivity (Wildman–Crippen MR) is 97.1 cm³/mol. The van der Waals surface area contributed by atoms with Crippen molar-refractivity contribution in [2.75, 3.05) is 6.54 Å². The van der Waals surface area contributed by atoms with Crippen molar-refractivity contribution in [2.45, 2.75) is 38.6 Å². The number of aliphatic carboxylic acids is 1. The Balaban J connectivity index is 2.01. The fraction of sp³-hybridized carbons (Fsp3) is 0.412. The summed E-state index contributed by atoms with van der Waals surface area (Å²) in [6.07, 6.45) is 2.47. The molecule has 2 heterocycles. The van der Waals surface area contributed by atoms with Crippen molar-refractivity contribution in [3.63, 3.8) is 0 Å². The van der Waals surface area contributed by atoms with Crippen molar-refractivity contribution < 1.29 is 14.7 Å². The molecule has 2 aromatic rings. The summed E-state index contributed by atoms with van der Waals surface area (Å²) in [5.74, 6) is -1.03. The van der Waals surface area contributed by atoms with Gasteiger partial charge in [-0.25, -0.2) is 14.5 Å². The molecule has 1 aliphatic heterocycles. The highest BCUT2D eigenvalue weighted by molar-refractivity contribution is 6.37. The molecule has 1 aromatic heterocycles. The van der Waals surface area contributed by atoms with Gasteiger partial charge in [-0.15, -0.1) is 5.10 Å². The average molecular weight is 397 g/mol. The summed E-state index contributed by atoms with van der Waals surface area (Å²) in [4.78, 5) is 30.0. The molecule has 0 spiro atoms. The Labute approximate surface area is 160 Å². The van der Waals surface area contributed by atoms with E-state index in [1.807, 2.05) is 6.92 Å². The van der Waals surface area contributed by atoms with Crippen LogP contribution in [-0.4, -0.2) is 49.2 Å². The summed E-state index contributed by atoms with van der Waals surface area (Å²) in [7, 11) is 0. The van der Waals surface area contributed by atoms with Crippen LogP contribution in [0.4, 0.5) is 0 Å². The molecule has 1 fully saturated rings. The predicted octanol–water partition coefficient (Wildman–Crippen LogP) is 3.22. The van der Waals surface area contributed by atoms with Gasteiger partial charge in [0.1, 0.15) is 17.6 Å². The van der Waals surface area contributed by atoms with Crippen molar-refractivity contribution in [2.24, 2.45) is 0 Å². The molecule has 1 N–H and O–H groups in total. The van der Waals surface area contributed by atoms with Crippen LogP contribution in [0.5, 0.6) is 0 Å². The van der Waals surface area contributed by atoms with Crippen LogP contribution in [0.15, 0.2) is 18.2 Å². The van der Waals surface area contributed by atoms with Gasteiger partial charge in [0.2, 0.25) is 5.82 Å². The second-order valence-corrected chi connectivity index (χ2v) is 6.85. The van der Waals surface area contributed by atoms with E-state index in [1.165, 1.54) is 9.58 Å². The van der Waals surface area contributed by atoms with Crippen molar-refractivity contribution in [3.8, 4) is 5.69 Å². The smallest absolute Gasteiger partial charge is 0.326 e. The molecule has 1 amide bonds. The van der Waals surface area contributed by atoms with Gasteiger partial charge < -0.3 is 10.0 Å². The van der Waals surface area contributed by atoms with E-state index in [0.29, 0.717) is 40.9 Å². The summed E-state index contributed by atoms with van der Waals surface area (Å²) in [6.45, 7) is 2.25. The van der Waals surface area contributed by atoms with Crippen molar-refractivity contribution in [1.29, 1.82) is 0 Å². The number of nitrogens with zero attached hydrogens (tertiary/aromatic N) is 4. The Morgan fingerprint density at radius 1 is 1.27 bits per heavy atom. The maximum atomic E-state index is 12.9. The molecule has 26 heavy (non-hydrogen) atoms. The van der Waals surface area contributed by atoms with Crippen molar-refractivity contribution >= 4 is 35.1 Å². The van der Waals surface area contributed by atoms with Gasteiger partial charge in [-0.3, -0.25) is 4.79 Å². The summed E-state index contributed by atoms with van der Waals surface area (Å²) in [6, 6.07) is 4.22. The number of carbonyl (C=O) groups is 2. The zero-order chi connectivity index (χ0) is 18.8. The van der Waals surface area contributed by atoms with E-state index in [2.05, 4.69) is 10.1 Å². The summed E-state index contributed by atoms with van der Waals surface area (Å²) in [5, 5.41) is 14.5. The highest BCUT2D eigenvalue weighted by Crippen LogP contribution is 2.29. The van der Waals surface area contributed by atoms with Crippen LogP contribution < -0.4 is 0 Å². The summed E-state index contributed by atoms with van der Waals surface area (Å²) in [5.41, 5.74) is 0.452. The highest BCUT2D eigenvalue weighted by atomic mass is 35.5. The van der Waals surface area contributed by atoms with Gasteiger partial charge in [0, 0.05) is 13.0 Å². The van der Waals surface area contributed by atoms with Crippen LogP contribution in [-0.2, 0) is 11.2 Å². The fourth-order valence-electron chi connectivity index (χ4n) is 3.09. The second-order valence-electron chi connectivity index (χ2n) is 6.04. The van der Waals surface area contributed by atoms with Crippen molar-refractivity contribution in [3.05, 3.63) is 39.9 Å². The molecule has 9 heteroatoms. The third-order valence-electron chi connectivity index (χ3n) is 4.38. The number of amides is 1. The minimum Gasteiger partial charge on any atom is -0.480 e. The molecule has 1 atom stereocenters. The first-order chi connectivity index (χ1) is 12.4. The number of carbonyl (C=O) groups excluding carboxylic acids is 1. The molecule has 0 radical (unpaired) electrons. The Kier molecular flexibility index (Phi) is 5.48. The Morgan fingerprint density at radius 2 is 1.96 bits per heavy atom. The quantitative estimate of drug-likeness (QED) is 0.856. The Bertz CT molecular complexity index is 832. The molecular formula is C17H18Cl2N4O3. The van der Waals surface area contributed by atoms with Gasteiger partial charge in [-0.1, -0.05) is 36.2 Å². The Morgan fingerprint density at radius 3 is 2.58 bits per heavy atom. The number of likely N-dealkylation sites (tertiary alicyclic amines) is 1. The maximum absolute atomic E-state index is 12.9. The standard InChI is InChI=1S/C17H18Cl2N4O3/c1-2-13-20-15(16(24)22-9-4-3-8-12(22)17(25)26)21-23(13)14-10(18)6-5-7-11(14)19/h5-7,12H,2-4,8-9H2,1H3,(H,25,26). The number of hydrogen-bond donors (Lipinski definition) is 1. The molecule has 0 saturated carbocycles. The maximum Gasteiger partial charge on any atom is 0.326 e. The normalized spacial score (nSPS) is 17.3. The van der Waals surface area contributed by atoms with Gasteiger partial charge in [0.25, 0.3) is 5.91 Å². The number of benzene rings is 1. The zero-order valence-corrected chi connectivity index (χ0v) is 15.7. The molecule has 7 nitrogen and oxygen atoms in total. The summed E-state index contributed by atoms with van der Waals surface area (Å²) >= 11 is 12.5. The SMILES string of the molecule is CCc1nc(C(=O)N2CCCCC2C(=O)O)nn1-c1c(Cl)cccc1Cl. The molecule has 0 aliphatic carbocycles.